The summed E-state index contributed by atoms with van der Waals surface area (Å²) < 4.78 is 44.5. The van der Waals surface area contributed by atoms with E-state index >= 15 is 0 Å². The van der Waals surface area contributed by atoms with Crippen molar-refractivity contribution in [2.24, 2.45) is 0 Å². The zero-order valence-corrected chi connectivity index (χ0v) is 13.4. The highest BCUT2D eigenvalue weighted by Gasteiger charge is 2.37. The van der Waals surface area contributed by atoms with Crippen LogP contribution in [-0.4, -0.2) is 17.6 Å². The van der Waals surface area contributed by atoms with Crippen molar-refractivity contribution in [3.8, 4) is 11.1 Å². The normalized spacial score (nSPS) is 11.3. The summed E-state index contributed by atoms with van der Waals surface area (Å²) >= 11 is 3.22. The molecule has 1 N–H and O–H groups in total. The molecule has 4 nitrogen and oxygen atoms in total. The predicted octanol–water partition coefficient (Wildman–Crippen LogP) is 4.00. The number of nitrogens with one attached hydrogen (secondary N) is 1. The van der Waals surface area contributed by atoms with Gasteiger partial charge in [0.05, 0.1) is 12.2 Å². The highest BCUT2D eigenvalue weighted by Crippen LogP contribution is 2.31. The van der Waals surface area contributed by atoms with Gasteiger partial charge in [0.1, 0.15) is 5.69 Å². The molecule has 0 atom stereocenters. The van der Waals surface area contributed by atoms with Gasteiger partial charge in [0.25, 0.3) is 5.56 Å². The monoisotopic (exact) mass is 389 g/mol. The summed E-state index contributed by atoms with van der Waals surface area (Å²) in [6.07, 6.45) is -4.88. The number of carbonyl (C=O) groups excluding carboxylic acids is 1. The number of hydrogen-bond donors (Lipinski definition) is 1. The summed E-state index contributed by atoms with van der Waals surface area (Å²) in [5.74, 6) is -1.14. The van der Waals surface area contributed by atoms with Gasteiger partial charge in [-0.25, -0.2) is 4.79 Å². The minimum absolute atomic E-state index is 0.0476. The number of halogens is 4. The van der Waals surface area contributed by atoms with Gasteiger partial charge in [-0.05, 0) is 30.7 Å². The minimum Gasteiger partial charge on any atom is -0.462 e. The van der Waals surface area contributed by atoms with Crippen LogP contribution < -0.4 is 5.56 Å². The van der Waals surface area contributed by atoms with E-state index < -0.39 is 29.0 Å². The Balaban J connectivity index is 2.67. The lowest BCUT2D eigenvalue weighted by molar-refractivity contribution is -0.141. The Hall–Kier alpha value is -2.09. The third-order valence-corrected chi connectivity index (χ3v) is 3.50. The maximum atomic E-state index is 13.0. The van der Waals surface area contributed by atoms with E-state index in [1.165, 1.54) is 6.92 Å². The van der Waals surface area contributed by atoms with Crippen molar-refractivity contribution in [2.45, 2.75) is 13.1 Å². The number of esters is 1. The molecule has 0 aliphatic carbocycles. The summed E-state index contributed by atoms with van der Waals surface area (Å²) in [4.78, 5) is 25.5. The number of H-pyrrole nitrogens is 1. The number of carbonyl (C=O) groups is 1. The topological polar surface area (TPSA) is 59.2 Å². The van der Waals surface area contributed by atoms with E-state index in [2.05, 4.69) is 20.7 Å². The first-order valence-electron chi connectivity index (χ1n) is 6.51. The first-order chi connectivity index (χ1) is 10.7. The quantitative estimate of drug-likeness (QED) is 0.807. The Bertz CT molecular complexity index is 782. The lowest BCUT2D eigenvalue weighted by atomic mass is 10.0. The summed E-state index contributed by atoms with van der Waals surface area (Å²) in [5, 5.41) is 0. The predicted molar refractivity (Wildman–Crippen MR) is 81.2 cm³/mol. The molecule has 8 heteroatoms. The van der Waals surface area contributed by atoms with Crippen molar-refractivity contribution in [3.63, 3.8) is 0 Å². The van der Waals surface area contributed by atoms with Crippen LogP contribution >= 0.6 is 15.9 Å². The van der Waals surface area contributed by atoms with Crippen molar-refractivity contribution in [1.82, 2.24) is 4.98 Å². The van der Waals surface area contributed by atoms with E-state index in [1.54, 1.807) is 29.2 Å². The van der Waals surface area contributed by atoms with Gasteiger partial charge in [-0.15, -0.1) is 0 Å². The summed E-state index contributed by atoms with van der Waals surface area (Å²) in [6, 6.07) is 7.28. The highest BCUT2D eigenvalue weighted by atomic mass is 79.9. The van der Waals surface area contributed by atoms with E-state index in [1.807, 2.05) is 0 Å². The van der Waals surface area contributed by atoms with Gasteiger partial charge in [0.2, 0.25) is 0 Å². The lowest BCUT2D eigenvalue weighted by Crippen LogP contribution is -2.23. The Morgan fingerprint density at radius 1 is 1.26 bits per heavy atom. The Labute approximate surface area is 137 Å². The van der Waals surface area contributed by atoms with Gasteiger partial charge in [-0.1, -0.05) is 28.1 Å². The zero-order chi connectivity index (χ0) is 17.2. The molecule has 1 aromatic carbocycles. The van der Waals surface area contributed by atoms with Crippen LogP contribution in [0.15, 0.2) is 39.6 Å². The molecule has 0 unspecified atom stereocenters. The number of pyridine rings is 1. The van der Waals surface area contributed by atoms with Gasteiger partial charge in [-0.2, -0.15) is 13.2 Å². The van der Waals surface area contributed by atoms with E-state index in [-0.39, 0.29) is 12.2 Å². The summed E-state index contributed by atoms with van der Waals surface area (Å²) in [6.45, 7) is 1.40. The second kappa shape index (κ2) is 6.57. The second-order valence-electron chi connectivity index (χ2n) is 4.53. The molecule has 0 amide bonds. The van der Waals surface area contributed by atoms with Crippen LogP contribution in [0.3, 0.4) is 0 Å². The van der Waals surface area contributed by atoms with Crippen LogP contribution in [0, 0.1) is 0 Å². The fourth-order valence-electron chi connectivity index (χ4n) is 1.97. The van der Waals surface area contributed by atoms with Crippen molar-refractivity contribution in [3.05, 3.63) is 56.4 Å². The van der Waals surface area contributed by atoms with Crippen LogP contribution in [0.5, 0.6) is 0 Å². The highest BCUT2D eigenvalue weighted by molar-refractivity contribution is 9.10. The molecule has 0 bridgehead atoms. The molecule has 0 saturated carbocycles. The Morgan fingerprint density at radius 2 is 1.87 bits per heavy atom. The molecular weight excluding hydrogens is 379 g/mol. The number of aromatic nitrogens is 1. The molecule has 122 valence electrons. The molecule has 23 heavy (non-hydrogen) atoms. The van der Waals surface area contributed by atoms with Crippen molar-refractivity contribution >= 4 is 21.9 Å². The van der Waals surface area contributed by atoms with E-state index in [0.717, 1.165) is 10.5 Å². The molecular formula is C15H11BrF3NO3. The van der Waals surface area contributed by atoms with Gasteiger partial charge in [0.15, 0.2) is 0 Å². The van der Waals surface area contributed by atoms with Gasteiger partial charge in [-0.3, -0.25) is 4.79 Å². The average molecular weight is 390 g/mol. The average Bonchev–Trinajstić information content (AvgIpc) is 2.47. The molecule has 0 saturated heterocycles. The molecule has 1 heterocycles. The Kier molecular flexibility index (Phi) is 4.93. The van der Waals surface area contributed by atoms with Gasteiger partial charge < -0.3 is 9.72 Å². The molecule has 0 fully saturated rings. The number of ether oxygens (including phenoxy) is 1. The molecule has 2 aromatic rings. The van der Waals surface area contributed by atoms with Crippen molar-refractivity contribution in [1.29, 1.82) is 0 Å². The fourth-order valence-corrected chi connectivity index (χ4v) is 2.23. The van der Waals surface area contributed by atoms with Crippen LogP contribution in [0.1, 0.15) is 23.0 Å². The van der Waals surface area contributed by atoms with Crippen LogP contribution in [0.25, 0.3) is 11.1 Å². The van der Waals surface area contributed by atoms with Gasteiger partial charge >= 0.3 is 12.1 Å². The van der Waals surface area contributed by atoms with E-state index in [0.29, 0.717) is 5.56 Å². The number of rotatable bonds is 3. The molecule has 0 radical (unpaired) electrons. The second-order valence-corrected chi connectivity index (χ2v) is 5.44. The van der Waals surface area contributed by atoms with Gasteiger partial charge in [0, 0.05) is 10.0 Å². The molecule has 0 aliphatic rings. The third kappa shape index (κ3) is 3.82. The SMILES string of the molecule is CCOC(=O)c1cc(-c2ccc(Br)cc2)c(=O)[nH]c1C(F)(F)F. The van der Waals surface area contributed by atoms with Crippen LogP contribution in [-0.2, 0) is 10.9 Å². The third-order valence-electron chi connectivity index (χ3n) is 2.98. The van der Waals surface area contributed by atoms with Crippen molar-refractivity contribution in [2.75, 3.05) is 6.61 Å². The molecule has 0 aliphatic heterocycles. The first-order valence-corrected chi connectivity index (χ1v) is 7.31. The number of aromatic amines is 1. The summed E-state index contributed by atoms with van der Waals surface area (Å²) in [5.41, 5.74) is -2.74. The number of hydrogen-bond acceptors (Lipinski definition) is 3. The Morgan fingerprint density at radius 3 is 2.39 bits per heavy atom. The maximum Gasteiger partial charge on any atom is 0.432 e. The van der Waals surface area contributed by atoms with Crippen LogP contribution in [0.4, 0.5) is 13.2 Å². The standard InChI is InChI=1S/C15H11BrF3NO3/c1-2-23-14(22)11-7-10(8-3-5-9(16)6-4-8)13(21)20-12(11)15(17,18)19/h3-7H,2H2,1H3,(H,20,21). The minimum atomic E-state index is -4.88. The number of benzene rings is 1. The molecule has 1 aromatic heterocycles. The fraction of sp³-hybridized carbons (Fsp3) is 0.200. The maximum absolute atomic E-state index is 13.0. The smallest absolute Gasteiger partial charge is 0.432 e. The summed E-state index contributed by atoms with van der Waals surface area (Å²) in [7, 11) is 0. The van der Waals surface area contributed by atoms with E-state index in [9.17, 15) is 22.8 Å². The first kappa shape index (κ1) is 17.3. The van der Waals surface area contributed by atoms with Crippen molar-refractivity contribution < 1.29 is 22.7 Å². The lowest BCUT2D eigenvalue weighted by Gasteiger charge is -2.13. The van der Waals surface area contributed by atoms with E-state index in [4.69, 9.17) is 0 Å². The van der Waals surface area contributed by atoms with Crippen LogP contribution in [0.2, 0.25) is 0 Å². The molecule has 2 rings (SSSR count). The largest absolute Gasteiger partial charge is 0.462 e. The number of alkyl halides is 3. The molecule has 0 spiro atoms. The zero-order valence-electron chi connectivity index (χ0n) is 11.8.